The molecule has 0 N–H and O–H groups in total. The van der Waals surface area contributed by atoms with Crippen LogP contribution in [-0.4, -0.2) is 46.0 Å². The van der Waals surface area contributed by atoms with E-state index < -0.39 is 11.4 Å². The van der Waals surface area contributed by atoms with Crippen molar-refractivity contribution in [1.29, 1.82) is 5.26 Å². The third-order valence-corrected chi connectivity index (χ3v) is 6.54. The van der Waals surface area contributed by atoms with Crippen LogP contribution < -0.4 is 9.64 Å². The molecule has 1 aliphatic rings. The van der Waals surface area contributed by atoms with Gasteiger partial charge in [-0.15, -0.1) is 10.2 Å². The fourth-order valence-corrected chi connectivity index (χ4v) is 4.26. The second kappa shape index (κ2) is 11.0. The summed E-state index contributed by atoms with van der Waals surface area (Å²) in [6.07, 6.45) is 0.583. The highest BCUT2D eigenvalue weighted by Gasteiger charge is 2.40. The van der Waals surface area contributed by atoms with Gasteiger partial charge in [-0.05, 0) is 42.8 Å². The maximum absolute atomic E-state index is 12.1. The molecule has 12 heteroatoms. The molecule has 3 heterocycles. The van der Waals surface area contributed by atoms with E-state index in [4.69, 9.17) is 37.2 Å². The molecule has 1 unspecified atom stereocenters. The zero-order valence-corrected chi connectivity index (χ0v) is 21.4. The van der Waals surface area contributed by atoms with Crippen LogP contribution in [0, 0.1) is 16.7 Å². The van der Waals surface area contributed by atoms with Gasteiger partial charge in [0, 0.05) is 24.2 Å². The lowest BCUT2D eigenvalue weighted by Crippen LogP contribution is -2.31. The van der Waals surface area contributed by atoms with Gasteiger partial charge in [0.2, 0.25) is 5.82 Å². The molecule has 38 heavy (non-hydrogen) atoms. The number of carbonyl (C=O) groups is 1. The summed E-state index contributed by atoms with van der Waals surface area (Å²) >= 11 is 12.2. The molecule has 0 aliphatic carbocycles. The number of carbonyl (C=O) groups excluding carboxylic acids is 1. The highest BCUT2D eigenvalue weighted by Crippen LogP contribution is 2.35. The molecule has 5 rings (SSSR count). The zero-order valence-electron chi connectivity index (χ0n) is 19.9. The van der Waals surface area contributed by atoms with Crippen molar-refractivity contribution in [2.75, 3.05) is 24.6 Å². The Kier molecular flexibility index (Phi) is 7.40. The second-order valence-electron chi connectivity index (χ2n) is 8.66. The Labute approximate surface area is 227 Å². The molecule has 1 atom stereocenters. The SMILES string of the molecule is N#CC1(COc2cc(Cl)ccc2Cl)CCN(c2ccc(-c3nc(COC(=O)c4ccccc4)no3)nn2)C1. The number of hydrogen-bond donors (Lipinski definition) is 0. The van der Waals surface area contributed by atoms with Crippen molar-refractivity contribution in [2.45, 2.75) is 13.0 Å². The van der Waals surface area contributed by atoms with Crippen LogP contribution in [0.4, 0.5) is 5.82 Å². The Hall–Kier alpha value is -4.20. The first-order valence-corrected chi connectivity index (χ1v) is 12.3. The van der Waals surface area contributed by atoms with Crippen molar-refractivity contribution in [2.24, 2.45) is 5.41 Å². The highest BCUT2D eigenvalue weighted by molar-refractivity contribution is 6.34. The number of hydrogen-bond acceptors (Lipinski definition) is 10. The predicted octanol–water partition coefficient (Wildman–Crippen LogP) is 4.99. The third-order valence-electron chi connectivity index (χ3n) is 5.99. The maximum Gasteiger partial charge on any atom is 0.338 e. The van der Waals surface area contributed by atoms with Gasteiger partial charge in [-0.2, -0.15) is 10.2 Å². The average molecular weight is 551 g/mol. The minimum absolute atomic E-state index is 0.144. The molecule has 4 aromatic rings. The Bertz CT molecular complexity index is 1480. The van der Waals surface area contributed by atoms with E-state index in [0.717, 1.165) is 0 Å². The van der Waals surface area contributed by atoms with Crippen LogP contribution in [0.15, 0.2) is 65.2 Å². The number of ether oxygens (including phenoxy) is 2. The summed E-state index contributed by atoms with van der Waals surface area (Å²) in [5.74, 6) is 0.900. The van der Waals surface area contributed by atoms with Crippen molar-refractivity contribution >= 4 is 35.0 Å². The lowest BCUT2D eigenvalue weighted by Gasteiger charge is -2.23. The summed E-state index contributed by atoms with van der Waals surface area (Å²) < 4.78 is 16.3. The smallest absolute Gasteiger partial charge is 0.338 e. The van der Waals surface area contributed by atoms with E-state index in [9.17, 15) is 10.1 Å². The minimum Gasteiger partial charge on any atom is -0.490 e. The summed E-state index contributed by atoms with van der Waals surface area (Å²) in [6.45, 7) is 1.03. The summed E-state index contributed by atoms with van der Waals surface area (Å²) in [4.78, 5) is 18.3. The van der Waals surface area contributed by atoms with Crippen LogP contribution in [0.1, 0.15) is 22.6 Å². The normalized spacial score (nSPS) is 16.7. The van der Waals surface area contributed by atoms with E-state index in [0.29, 0.717) is 52.4 Å². The van der Waals surface area contributed by atoms with Crippen molar-refractivity contribution in [1.82, 2.24) is 20.3 Å². The van der Waals surface area contributed by atoms with Crippen LogP contribution in [0.3, 0.4) is 0 Å². The van der Waals surface area contributed by atoms with Gasteiger partial charge in [0.25, 0.3) is 5.89 Å². The van der Waals surface area contributed by atoms with E-state index in [-0.39, 0.29) is 24.9 Å². The Morgan fingerprint density at radius 3 is 2.74 bits per heavy atom. The molecule has 0 spiro atoms. The number of rotatable bonds is 8. The molecular formula is C26H20Cl2N6O4. The van der Waals surface area contributed by atoms with Crippen LogP contribution >= 0.6 is 23.2 Å². The quantitative estimate of drug-likeness (QED) is 0.276. The van der Waals surface area contributed by atoms with Gasteiger partial charge in [-0.25, -0.2) is 4.79 Å². The molecule has 0 radical (unpaired) electrons. The van der Waals surface area contributed by atoms with Gasteiger partial charge in [0.05, 0.1) is 16.7 Å². The molecule has 192 valence electrons. The topological polar surface area (TPSA) is 127 Å². The van der Waals surface area contributed by atoms with E-state index in [1.165, 1.54) is 0 Å². The number of esters is 1. The van der Waals surface area contributed by atoms with Crippen molar-refractivity contribution in [3.05, 3.63) is 82.1 Å². The van der Waals surface area contributed by atoms with Crippen LogP contribution in [-0.2, 0) is 11.3 Å². The van der Waals surface area contributed by atoms with Crippen molar-refractivity contribution in [3.63, 3.8) is 0 Å². The van der Waals surface area contributed by atoms with Crippen molar-refractivity contribution < 1.29 is 18.8 Å². The Morgan fingerprint density at radius 1 is 1.13 bits per heavy atom. The molecule has 1 saturated heterocycles. The molecule has 0 bridgehead atoms. The van der Waals surface area contributed by atoms with Crippen LogP contribution in [0.2, 0.25) is 10.0 Å². The minimum atomic E-state index is -0.745. The number of nitrogens with zero attached hydrogens (tertiary/aromatic N) is 6. The number of aromatic nitrogens is 4. The molecule has 10 nitrogen and oxygen atoms in total. The summed E-state index contributed by atoms with van der Waals surface area (Å²) in [7, 11) is 0. The molecule has 2 aromatic heterocycles. The summed E-state index contributed by atoms with van der Waals surface area (Å²) in [5.41, 5.74) is 0.0521. The Morgan fingerprint density at radius 2 is 1.97 bits per heavy atom. The van der Waals surface area contributed by atoms with Gasteiger partial charge in [-0.3, -0.25) is 0 Å². The van der Waals surface area contributed by atoms with Crippen LogP contribution in [0.5, 0.6) is 5.75 Å². The first-order valence-electron chi connectivity index (χ1n) is 11.6. The molecule has 2 aromatic carbocycles. The number of nitriles is 1. The fourth-order valence-electron chi connectivity index (χ4n) is 3.93. The summed E-state index contributed by atoms with van der Waals surface area (Å²) in [5, 5.41) is 23.1. The largest absolute Gasteiger partial charge is 0.490 e. The highest BCUT2D eigenvalue weighted by atomic mass is 35.5. The number of anilines is 1. The lowest BCUT2D eigenvalue weighted by atomic mass is 9.90. The van der Waals surface area contributed by atoms with Crippen LogP contribution in [0.25, 0.3) is 11.6 Å². The van der Waals surface area contributed by atoms with Gasteiger partial charge in [0.15, 0.2) is 18.1 Å². The molecule has 1 aliphatic heterocycles. The fraction of sp³-hybridized carbons (Fsp3) is 0.231. The van der Waals surface area contributed by atoms with E-state index in [2.05, 4.69) is 26.4 Å². The summed E-state index contributed by atoms with van der Waals surface area (Å²) in [6, 6.07) is 19.4. The average Bonchev–Trinajstić information content (AvgIpc) is 3.61. The second-order valence-corrected chi connectivity index (χ2v) is 9.51. The zero-order chi connectivity index (χ0) is 26.5. The van der Waals surface area contributed by atoms with E-state index in [1.807, 2.05) is 11.0 Å². The van der Waals surface area contributed by atoms with Gasteiger partial charge < -0.3 is 18.9 Å². The number of benzene rings is 2. The first kappa shape index (κ1) is 25.4. The van der Waals surface area contributed by atoms with Gasteiger partial charge in [0.1, 0.15) is 17.8 Å². The standard InChI is InChI=1S/C26H20Cl2N6O4/c27-18-6-7-19(28)21(12-18)37-16-26(14-29)10-11-34(15-26)23-9-8-20(31-32-23)24-30-22(33-38-24)13-36-25(35)17-4-2-1-3-5-17/h1-9,12H,10-11,13,15-16H2. The molecule has 0 saturated carbocycles. The van der Waals surface area contributed by atoms with Crippen molar-refractivity contribution in [3.8, 4) is 23.4 Å². The first-order chi connectivity index (χ1) is 18.4. The monoisotopic (exact) mass is 550 g/mol. The Balaban J connectivity index is 1.19. The number of halogens is 2. The van der Waals surface area contributed by atoms with E-state index in [1.54, 1.807) is 54.6 Å². The molecular weight excluding hydrogens is 531 g/mol. The van der Waals surface area contributed by atoms with E-state index >= 15 is 0 Å². The van der Waals surface area contributed by atoms with Gasteiger partial charge >= 0.3 is 5.97 Å². The predicted molar refractivity (Wildman–Crippen MR) is 138 cm³/mol. The molecule has 0 amide bonds. The maximum atomic E-state index is 12.1. The lowest BCUT2D eigenvalue weighted by molar-refractivity contribution is 0.0459. The third kappa shape index (κ3) is 5.69. The molecule has 1 fully saturated rings. The van der Waals surface area contributed by atoms with Gasteiger partial charge in [-0.1, -0.05) is 46.6 Å².